The molecule has 4 nitrogen and oxygen atoms in total. The number of halogens is 2. The molecule has 0 fully saturated rings. The van der Waals surface area contributed by atoms with Gasteiger partial charge in [-0.1, -0.05) is 24.9 Å². The van der Waals surface area contributed by atoms with Gasteiger partial charge < -0.3 is 4.98 Å². The first-order chi connectivity index (χ1) is 7.72. The summed E-state index contributed by atoms with van der Waals surface area (Å²) in [5.74, 6) is 1.20. The van der Waals surface area contributed by atoms with Gasteiger partial charge in [0.25, 0.3) is 0 Å². The van der Waals surface area contributed by atoms with Gasteiger partial charge in [0.2, 0.25) is 0 Å². The van der Waals surface area contributed by atoms with Crippen LogP contribution < -0.4 is 0 Å². The molecule has 0 saturated heterocycles. The molecule has 0 atom stereocenters. The number of nitrogens with one attached hydrogen (secondary N) is 1. The average Bonchev–Trinajstić information content (AvgIpc) is 2.78. The summed E-state index contributed by atoms with van der Waals surface area (Å²) in [5, 5.41) is 0.491. The largest absolute Gasteiger partial charge is 0.342 e. The molecule has 0 amide bonds. The number of aryl methyl sites for hydroxylation is 1. The summed E-state index contributed by atoms with van der Waals surface area (Å²) < 4.78 is 0.927. The van der Waals surface area contributed by atoms with Gasteiger partial charge in [0.05, 0.1) is 9.26 Å². The van der Waals surface area contributed by atoms with Gasteiger partial charge in [-0.25, -0.2) is 15.0 Å². The second-order valence-corrected chi connectivity index (χ2v) is 4.72. The van der Waals surface area contributed by atoms with Crippen LogP contribution in [0.25, 0.3) is 11.6 Å². The van der Waals surface area contributed by atoms with Crippen LogP contribution >= 0.6 is 34.2 Å². The summed E-state index contributed by atoms with van der Waals surface area (Å²) in [7, 11) is 0. The van der Waals surface area contributed by atoms with Crippen molar-refractivity contribution in [2.24, 2.45) is 0 Å². The zero-order valence-electron chi connectivity index (χ0n) is 8.67. The van der Waals surface area contributed by atoms with Crippen LogP contribution in [0.1, 0.15) is 19.0 Å². The lowest BCUT2D eigenvalue weighted by molar-refractivity contribution is 0.864. The lowest BCUT2D eigenvalue weighted by Crippen LogP contribution is -2.01. The van der Waals surface area contributed by atoms with E-state index in [9.17, 15) is 0 Å². The third-order valence-electron chi connectivity index (χ3n) is 2.08. The van der Waals surface area contributed by atoms with Crippen molar-refractivity contribution >= 4 is 34.2 Å². The zero-order chi connectivity index (χ0) is 11.5. The van der Waals surface area contributed by atoms with E-state index >= 15 is 0 Å². The van der Waals surface area contributed by atoms with Crippen molar-refractivity contribution in [2.75, 3.05) is 0 Å². The SMILES string of the molecule is CCCc1nc(-c2ncc[nH]2)nc(Cl)c1I. The predicted octanol–water partition coefficient (Wildman–Crippen LogP) is 3.08. The van der Waals surface area contributed by atoms with Gasteiger partial charge in [-0.15, -0.1) is 0 Å². The molecule has 84 valence electrons. The Balaban J connectivity index is 2.48. The molecule has 2 rings (SSSR count). The van der Waals surface area contributed by atoms with Crippen LogP contribution in [0.2, 0.25) is 5.15 Å². The Bertz CT molecular complexity index is 484. The molecule has 0 spiro atoms. The van der Waals surface area contributed by atoms with Crippen LogP contribution in [-0.2, 0) is 6.42 Å². The third-order valence-corrected chi connectivity index (χ3v) is 3.80. The second-order valence-electron chi connectivity index (χ2n) is 3.29. The van der Waals surface area contributed by atoms with Crippen molar-refractivity contribution in [1.29, 1.82) is 0 Å². The fourth-order valence-corrected chi connectivity index (χ4v) is 2.06. The number of aromatic nitrogens is 4. The van der Waals surface area contributed by atoms with Crippen molar-refractivity contribution in [2.45, 2.75) is 19.8 Å². The summed E-state index contributed by atoms with van der Waals surface area (Å²) in [6.07, 6.45) is 5.34. The van der Waals surface area contributed by atoms with Crippen LogP contribution in [0.3, 0.4) is 0 Å². The first-order valence-corrected chi connectivity index (χ1v) is 6.39. The molecule has 0 saturated carbocycles. The number of rotatable bonds is 3. The minimum Gasteiger partial charge on any atom is -0.342 e. The standard InChI is InChI=1S/C10H10ClIN4/c1-2-3-6-7(12)8(11)16-10(15-6)9-13-4-5-14-9/h4-5H,2-3H2,1H3,(H,13,14). The lowest BCUT2D eigenvalue weighted by atomic mass is 10.2. The molecule has 2 aromatic heterocycles. The Kier molecular flexibility index (Phi) is 3.75. The molecule has 2 heterocycles. The molecule has 6 heteroatoms. The lowest BCUT2D eigenvalue weighted by Gasteiger charge is -2.05. The van der Waals surface area contributed by atoms with Gasteiger partial charge in [0.15, 0.2) is 11.6 Å². The van der Waals surface area contributed by atoms with Crippen molar-refractivity contribution in [3.05, 3.63) is 26.8 Å². The summed E-state index contributed by atoms with van der Waals surface area (Å²) in [6, 6.07) is 0. The molecule has 0 bridgehead atoms. The fourth-order valence-electron chi connectivity index (χ4n) is 1.36. The second kappa shape index (κ2) is 5.09. The molecule has 16 heavy (non-hydrogen) atoms. The van der Waals surface area contributed by atoms with Crippen LogP contribution in [0.15, 0.2) is 12.4 Å². The molecule has 0 radical (unpaired) electrons. The van der Waals surface area contributed by atoms with Gasteiger partial charge in [0.1, 0.15) is 5.15 Å². The average molecular weight is 349 g/mol. The minimum absolute atomic E-state index is 0.491. The quantitative estimate of drug-likeness (QED) is 0.685. The summed E-state index contributed by atoms with van der Waals surface area (Å²) in [6.45, 7) is 2.11. The first-order valence-electron chi connectivity index (χ1n) is 4.94. The molecule has 0 aliphatic heterocycles. The number of nitrogens with zero attached hydrogens (tertiary/aromatic N) is 3. The highest BCUT2D eigenvalue weighted by Crippen LogP contribution is 2.23. The van der Waals surface area contributed by atoms with Crippen LogP contribution in [-0.4, -0.2) is 19.9 Å². The molecular weight excluding hydrogens is 338 g/mol. The Labute approximate surface area is 112 Å². The maximum Gasteiger partial charge on any atom is 0.197 e. The van der Waals surface area contributed by atoms with Gasteiger partial charge in [-0.05, 0) is 29.0 Å². The van der Waals surface area contributed by atoms with Crippen molar-refractivity contribution < 1.29 is 0 Å². The molecular formula is C10H10ClIN4. The number of hydrogen-bond acceptors (Lipinski definition) is 3. The van der Waals surface area contributed by atoms with Crippen molar-refractivity contribution in [1.82, 2.24) is 19.9 Å². The maximum absolute atomic E-state index is 6.07. The summed E-state index contributed by atoms with van der Waals surface area (Å²) >= 11 is 8.25. The minimum atomic E-state index is 0.491. The van der Waals surface area contributed by atoms with E-state index < -0.39 is 0 Å². The van der Waals surface area contributed by atoms with Crippen molar-refractivity contribution in [3.63, 3.8) is 0 Å². The topological polar surface area (TPSA) is 54.5 Å². The van der Waals surface area contributed by atoms with Gasteiger partial charge in [0, 0.05) is 12.4 Å². The van der Waals surface area contributed by atoms with Gasteiger partial charge in [-0.2, -0.15) is 0 Å². The van der Waals surface area contributed by atoms with Gasteiger partial charge >= 0.3 is 0 Å². The highest BCUT2D eigenvalue weighted by molar-refractivity contribution is 14.1. The van der Waals surface area contributed by atoms with Gasteiger partial charge in [-0.3, -0.25) is 0 Å². The summed E-state index contributed by atoms with van der Waals surface area (Å²) in [5.41, 5.74) is 0.981. The van der Waals surface area contributed by atoms with Crippen molar-refractivity contribution in [3.8, 4) is 11.6 Å². The van der Waals surface area contributed by atoms with Crippen LogP contribution in [0.4, 0.5) is 0 Å². The number of imidazole rings is 1. The first kappa shape index (κ1) is 11.8. The molecule has 1 N–H and O–H groups in total. The maximum atomic E-state index is 6.07. The Morgan fingerprint density at radius 3 is 2.88 bits per heavy atom. The van der Waals surface area contributed by atoms with Crippen LogP contribution in [0, 0.1) is 3.57 Å². The zero-order valence-corrected chi connectivity index (χ0v) is 11.6. The number of aromatic amines is 1. The molecule has 0 unspecified atom stereocenters. The molecule has 2 aromatic rings. The Morgan fingerprint density at radius 2 is 2.25 bits per heavy atom. The summed E-state index contributed by atoms with van der Waals surface area (Å²) in [4.78, 5) is 15.8. The fraction of sp³-hybridized carbons (Fsp3) is 0.300. The van der Waals surface area contributed by atoms with E-state index in [4.69, 9.17) is 11.6 Å². The Hall–Kier alpha value is -0.690. The van der Waals surface area contributed by atoms with E-state index in [0.717, 1.165) is 22.1 Å². The molecule has 0 aromatic carbocycles. The highest BCUT2D eigenvalue weighted by Gasteiger charge is 2.12. The smallest absolute Gasteiger partial charge is 0.197 e. The van der Waals surface area contributed by atoms with Crippen LogP contribution in [0.5, 0.6) is 0 Å². The monoisotopic (exact) mass is 348 g/mol. The molecule has 0 aliphatic rings. The van der Waals surface area contributed by atoms with E-state index in [1.54, 1.807) is 12.4 Å². The van der Waals surface area contributed by atoms with E-state index in [0.29, 0.717) is 16.8 Å². The van der Waals surface area contributed by atoms with E-state index in [2.05, 4.69) is 49.5 Å². The number of H-pyrrole nitrogens is 1. The number of hydrogen-bond donors (Lipinski definition) is 1. The normalized spacial score (nSPS) is 10.7. The van der Waals surface area contributed by atoms with E-state index in [1.165, 1.54) is 0 Å². The van der Waals surface area contributed by atoms with E-state index in [-0.39, 0.29) is 0 Å². The Morgan fingerprint density at radius 1 is 1.44 bits per heavy atom. The predicted molar refractivity (Wildman–Crippen MR) is 71.3 cm³/mol. The molecule has 0 aliphatic carbocycles. The van der Waals surface area contributed by atoms with E-state index in [1.807, 2.05) is 0 Å². The highest BCUT2D eigenvalue weighted by atomic mass is 127. The third kappa shape index (κ3) is 2.35.